The van der Waals surface area contributed by atoms with Crippen molar-refractivity contribution in [1.82, 2.24) is 9.38 Å². The second-order valence-electron chi connectivity index (χ2n) is 4.92. The summed E-state index contributed by atoms with van der Waals surface area (Å²) in [5, 5.41) is 9.32. The third-order valence-electron chi connectivity index (χ3n) is 3.65. The van der Waals surface area contributed by atoms with Crippen LogP contribution < -0.4 is 0 Å². The molecule has 2 heterocycles. The highest BCUT2D eigenvalue weighted by atomic mass is 32.1. The van der Waals surface area contributed by atoms with Gasteiger partial charge in [0.1, 0.15) is 10.7 Å². The number of carbonyl (C=O) groups is 1. The Morgan fingerprint density at radius 3 is 2.41 bits per heavy atom. The van der Waals surface area contributed by atoms with Gasteiger partial charge in [0.05, 0.1) is 11.4 Å². The number of rotatable bonds is 4. The summed E-state index contributed by atoms with van der Waals surface area (Å²) >= 11 is 1.18. The molecule has 22 heavy (non-hydrogen) atoms. The number of hydrogen-bond donors (Lipinski definition) is 1. The molecule has 1 aromatic carbocycles. The van der Waals surface area contributed by atoms with E-state index in [1.807, 2.05) is 18.2 Å². The summed E-state index contributed by atoms with van der Waals surface area (Å²) in [6.07, 6.45) is 1.34. The highest BCUT2D eigenvalue weighted by Gasteiger charge is 2.22. The molecule has 0 aliphatic rings. The van der Waals surface area contributed by atoms with E-state index in [-0.39, 0.29) is 5.82 Å². The molecule has 0 atom stereocenters. The van der Waals surface area contributed by atoms with E-state index in [1.54, 1.807) is 12.1 Å². The summed E-state index contributed by atoms with van der Waals surface area (Å²) in [6, 6.07) is 6.21. The van der Waals surface area contributed by atoms with Crippen molar-refractivity contribution in [2.24, 2.45) is 0 Å². The standard InChI is InChI=1S/C16H15FN2O2S/c1-3-11-13(9-5-7-10(17)8-6-9)18-16-19(11)12(4-2)14(22-16)15(20)21/h5-8H,3-4H2,1-2H3,(H,20,21). The van der Waals surface area contributed by atoms with Crippen LogP contribution in [0.5, 0.6) is 0 Å². The van der Waals surface area contributed by atoms with Gasteiger partial charge in [-0.3, -0.25) is 4.40 Å². The van der Waals surface area contributed by atoms with Gasteiger partial charge in [-0.25, -0.2) is 14.2 Å². The molecular formula is C16H15FN2O2S. The fraction of sp³-hybridized carbons (Fsp3) is 0.250. The van der Waals surface area contributed by atoms with Gasteiger partial charge in [0, 0.05) is 11.3 Å². The predicted octanol–water partition coefficient (Wildman–Crippen LogP) is 4.02. The van der Waals surface area contributed by atoms with Crippen LogP contribution in [0.1, 0.15) is 34.9 Å². The molecule has 0 saturated heterocycles. The lowest BCUT2D eigenvalue weighted by molar-refractivity contribution is 0.0700. The van der Waals surface area contributed by atoms with Crippen LogP contribution in [0, 0.1) is 5.82 Å². The van der Waals surface area contributed by atoms with Gasteiger partial charge in [-0.05, 0) is 37.1 Å². The van der Waals surface area contributed by atoms with Gasteiger partial charge in [0.25, 0.3) is 0 Å². The number of hydrogen-bond acceptors (Lipinski definition) is 3. The molecule has 0 amide bonds. The Hall–Kier alpha value is -2.21. The Labute approximate surface area is 130 Å². The number of imidazole rings is 1. The lowest BCUT2D eigenvalue weighted by Gasteiger charge is -2.05. The number of aromatic carboxylic acids is 1. The first kappa shape index (κ1) is 14.7. The van der Waals surface area contributed by atoms with E-state index in [0.29, 0.717) is 16.3 Å². The fourth-order valence-electron chi connectivity index (χ4n) is 2.68. The molecule has 0 fully saturated rings. The predicted molar refractivity (Wildman–Crippen MR) is 84.2 cm³/mol. The number of halogens is 1. The number of thiazole rings is 1. The Kier molecular flexibility index (Phi) is 3.70. The summed E-state index contributed by atoms with van der Waals surface area (Å²) in [5.41, 5.74) is 3.36. The largest absolute Gasteiger partial charge is 0.477 e. The van der Waals surface area contributed by atoms with Crippen molar-refractivity contribution in [3.8, 4) is 11.3 Å². The van der Waals surface area contributed by atoms with Gasteiger partial charge in [-0.15, -0.1) is 0 Å². The zero-order valence-corrected chi connectivity index (χ0v) is 13.1. The second-order valence-corrected chi connectivity index (χ2v) is 5.90. The van der Waals surface area contributed by atoms with E-state index in [2.05, 4.69) is 4.98 Å². The van der Waals surface area contributed by atoms with Crippen molar-refractivity contribution in [3.63, 3.8) is 0 Å². The third-order valence-corrected chi connectivity index (χ3v) is 4.72. The van der Waals surface area contributed by atoms with E-state index < -0.39 is 5.97 Å². The number of aryl methyl sites for hydroxylation is 2. The third kappa shape index (κ3) is 2.20. The van der Waals surface area contributed by atoms with Crippen LogP contribution >= 0.6 is 11.3 Å². The van der Waals surface area contributed by atoms with Gasteiger partial charge in [0.15, 0.2) is 4.96 Å². The van der Waals surface area contributed by atoms with E-state index in [1.165, 1.54) is 23.5 Å². The Morgan fingerprint density at radius 2 is 1.86 bits per heavy atom. The van der Waals surface area contributed by atoms with Crippen molar-refractivity contribution < 1.29 is 14.3 Å². The average molecular weight is 318 g/mol. The first-order valence-electron chi connectivity index (χ1n) is 7.09. The van der Waals surface area contributed by atoms with Crippen LogP contribution in [0.25, 0.3) is 16.2 Å². The van der Waals surface area contributed by atoms with Gasteiger partial charge in [0.2, 0.25) is 0 Å². The maximum absolute atomic E-state index is 13.1. The highest BCUT2D eigenvalue weighted by Crippen LogP contribution is 2.32. The molecule has 0 spiro atoms. The summed E-state index contributed by atoms with van der Waals surface area (Å²) in [7, 11) is 0. The van der Waals surface area contributed by atoms with Crippen LogP contribution in [0.15, 0.2) is 24.3 Å². The topological polar surface area (TPSA) is 54.6 Å². The maximum Gasteiger partial charge on any atom is 0.347 e. The number of nitrogens with zero attached hydrogens (tertiary/aromatic N) is 2. The first-order valence-corrected chi connectivity index (χ1v) is 7.90. The minimum atomic E-state index is -0.919. The summed E-state index contributed by atoms with van der Waals surface area (Å²) < 4.78 is 15.0. The van der Waals surface area contributed by atoms with Crippen molar-refractivity contribution in [3.05, 3.63) is 46.3 Å². The Balaban J connectivity index is 2.27. The Bertz CT molecular complexity index is 849. The van der Waals surface area contributed by atoms with Crippen LogP contribution in [0.3, 0.4) is 0 Å². The molecule has 1 N–H and O–H groups in total. The molecule has 2 aromatic heterocycles. The molecule has 0 aliphatic heterocycles. The first-order chi connectivity index (χ1) is 10.6. The fourth-order valence-corrected chi connectivity index (χ4v) is 3.75. The van der Waals surface area contributed by atoms with Crippen molar-refractivity contribution in [2.45, 2.75) is 26.7 Å². The minimum Gasteiger partial charge on any atom is -0.477 e. The molecule has 4 nitrogen and oxygen atoms in total. The second kappa shape index (κ2) is 5.53. The van der Waals surface area contributed by atoms with E-state index in [9.17, 15) is 14.3 Å². The SMILES string of the molecule is CCc1c(-c2ccc(F)cc2)nc2sc(C(=O)O)c(CC)n12. The molecule has 0 radical (unpaired) electrons. The zero-order chi connectivity index (χ0) is 15.9. The quantitative estimate of drug-likeness (QED) is 0.790. The monoisotopic (exact) mass is 318 g/mol. The summed E-state index contributed by atoms with van der Waals surface area (Å²) in [4.78, 5) is 17.0. The summed E-state index contributed by atoms with van der Waals surface area (Å²) in [5.74, 6) is -1.21. The molecule has 0 unspecified atom stereocenters. The number of fused-ring (bicyclic) bond motifs is 1. The number of benzene rings is 1. The van der Waals surface area contributed by atoms with Gasteiger partial charge in [-0.1, -0.05) is 25.2 Å². The summed E-state index contributed by atoms with van der Waals surface area (Å²) in [6.45, 7) is 3.94. The average Bonchev–Trinajstić information content (AvgIpc) is 3.03. The lowest BCUT2D eigenvalue weighted by Crippen LogP contribution is -2.03. The normalized spacial score (nSPS) is 11.2. The van der Waals surface area contributed by atoms with Crippen LogP contribution in [0.2, 0.25) is 0 Å². The van der Waals surface area contributed by atoms with Gasteiger partial charge < -0.3 is 5.11 Å². The number of carboxylic acid groups (broad SMARTS) is 1. The lowest BCUT2D eigenvalue weighted by atomic mass is 10.1. The van der Waals surface area contributed by atoms with Crippen molar-refractivity contribution in [1.29, 1.82) is 0 Å². The molecule has 0 bridgehead atoms. The molecular weight excluding hydrogens is 303 g/mol. The Morgan fingerprint density at radius 1 is 1.23 bits per heavy atom. The van der Waals surface area contributed by atoms with Gasteiger partial charge in [-0.2, -0.15) is 0 Å². The molecule has 0 aliphatic carbocycles. The minimum absolute atomic E-state index is 0.287. The van der Waals surface area contributed by atoms with Crippen LogP contribution in [0.4, 0.5) is 4.39 Å². The van der Waals surface area contributed by atoms with E-state index in [0.717, 1.165) is 29.1 Å². The maximum atomic E-state index is 13.1. The smallest absolute Gasteiger partial charge is 0.347 e. The zero-order valence-electron chi connectivity index (χ0n) is 12.3. The van der Waals surface area contributed by atoms with Gasteiger partial charge >= 0.3 is 5.97 Å². The number of carboxylic acids is 1. The van der Waals surface area contributed by atoms with Crippen molar-refractivity contribution in [2.75, 3.05) is 0 Å². The van der Waals surface area contributed by atoms with Crippen LogP contribution in [-0.4, -0.2) is 20.5 Å². The molecule has 3 rings (SSSR count). The molecule has 6 heteroatoms. The van der Waals surface area contributed by atoms with E-state index in [4.69, 9.17) is 0 Å². The molecule has 114 valence electrons. The molecule has 0 saturated carbocycles. The van der Waals surface area contributed by atoms with Crippen LogP contribution in [-0.2, 0) is 12.8 Å². The van der Waals surface area contributed by atoms with Crippen molar-refractivity contribution >= 4 is 22.3 Å². The molecule has 3 aromatic rings. The highest BCUT2D eigenvalue weighted by molar-refractivity contribution is 7.19. The number of aromatic nitrogens is 2. The van der Waals surface area contributed by atoms with E-state index >= 15 is 0 Å².